The first kappa shape index (κ1) is 26.9. The molecule has 4 heteroatoms. The first-order chi connectivity index (χ1) is 15.5. The van der Waals surface area contributed by atoms with Gasteiger partial charge in [-0.15, -0.1) is 0 Å². The Morgan fingerprint density at radius 2 is 1.48 bits per heavy atom. The normalized spacial score (nSPS) is 13.8. The van der Waals surface area contributed by atoms with E-state index in [0.29, 0.717) is 5.75 Å². The third-order valence-electron chi connectivity index (χ3n) is 6.52. The van der Waals surface area contributed by atoms with Crippen LogP contribution in [0.4, 0.5) is 0 Å². The predicted octanol–water partition coefficient (Wildman–Crippen LogP) is 4.90. The molecule has 3 N–H and O–H groups in total. The predicted molar refractivity (Wildman–Crippen MR) is 135 cm³/mol. The first-order valence-corrected chi connectivity index (χ1v) is 11.8. The number of hydrogen-bond acceptors (Lipinski definition) is 4. The van der Waals surface area contributed by atoms with Gasteiger partial charge in [0.25, 0.3) is 0 Å². The summed E-state index contributed by atoms with van der Waals surface area (Å²) in [6.45, 7) is 14.2. The van der Waals surface area contributed by atoms with Gasteiger partial charge in [-0.1, -0.05) is 70.7 Å². The van der Waals surface area contributed by atoms with Crippen molar-refractivity contribution < 1.29 is 20.1 Å². The van der Waals surface area contributed by atoms with Crippen LogP contribution in [0, 0.1) is 31.1 Å². The SMILES string of the molecule is CCC(CC)(c1ccc(C#CC(O)C(C)(C)C)c(C)c1)c1ccc(OCC(O)CO)c(C)c1. The lowest BCUT2D eigenvalue weighted by atomic mass is 9.70. The fraction of sp³-hybridized carbons (Fsp3) is 0.517. The molecule has 0 aromatic heterocycles. The third kappa shape index (κ3) is 6.38. The van der Waals surface area contributed by atoms with Gasteiger partial charge in [-0.25, -0.2) is 0 Å². The molecule has 0 aliphatic heterocycles. The van der Waals surface area contributed by atoms with Crippen LogP contribution < -0.4 is 4.74 Å². The lowest BCUT2D eigenvalue weighted by Gasteiger charge is -2.34. The van der Waals surface area contributed by atoms with Gasteiger partial charge in [-0.05, 0) is 66.5 Å². The summed E-state index contributed by atoms with van der Waals surface area (Å²) in [6, 6.07) is 12.7. The van der Waals surface area contributed by atoms with Crippen molar-refractivity contribution in [2.24, 2.45) is 5.41 Å². The maximum Gasteiger partial charge on any atom is 0.122 e. The Morgan fingerprint density at radius 3 is 1.97 bits per heavy atom. The second kappa shape index (κ2) is 11.2. The molecule has 0 amide bonds. The highest BCUT2D eigenvalue weighted by molar-refractivity contribution is 5.50. The van der Waals surface area contributed by atoms with Gasteiger partial charge in [-0.3, -0.25) is 0 Å². The van der Waals surface area contributed by atoms with Crippen LogP contribution in [-0.4, -0.2) is 40.7 Å². The Morgan fingerprint density at radius 1 is 0.909 bits per heavy atom. The zero-order chi connectivity index (χ0) is 24.8. The quantitative estimate of drug-likeness (QED) is 0.498. The van der Waals surface area contributed by atoms with Crippen molar-refractivity contribution in [3.8, 4) is 17.6 Å². The van der Waals surface area contributed by atoms with Crippen molar-refractivity contribution in [3.63, 3.8) is 0 Å². The van der Waals surface area contributed by atoms with Gasteiger partial charge in [0.1, 0.15) is 24.6 Å². The van der Waals surface area contributed by atoms with Crippen LogP contribution in [0.2, 0.25) is 0 Å². The van der Waals surface area contributed by atoms with E-state index in [-0.39, 0.29) is 24.0 Å². The average Bonchev–Trinajstić information content (AvgIpc) is 2.78. The van der Waals surface area contributed by atoms with Crippen molar-refractivity contribution in [1.29, 1.82) is 0 Å². The summed E-state index contributed by atoms with van der Waals surface area (Å²) in [6.07, 6.45) is 0.326. The van der Waals surface area contributed by atoms with E-state index in [1.54, 1.807) is 0 Å². The van der Waals surface area contributed by atoms with Crippen molar-refractivity contribution in [1.82, 2.24) is 0 Å². The van der Waals surface area contributed by atoms with Crippen LogP contribution in [0.15, 0.2) is 36.4 Å². The number of ether oxygens (including phenoxy) is 1. The van der Waals surface area contributed by atoms with Gasteiger partial charge < -0.3 is 20.1 Å². The molecule has 0 radical (unpaired) electrons. The van der Waals surface area contributed by atoms with Crippen LogP contribution in [0.3, 0.4) is 0 Å². The van der Waals surface area contributed by atoms with Gasteiger partial charge >= 0.3 is 0 Å². The molecule has 0 saturated carbocycles. The monoisotopic (exact) mass is 452 g/mol. The number of hydrogen-bond donors (Lipinski definition) is 3. The molecule has 2 aromatic rings. The number of rotatable bonds is 8. The van der Waals surface area contributed by atoms with Crippen LogP contribution in [0.1, 0.15) is 75.3 Å². The maximum atomic E-state index is 10.3. The molecule has 2 unspecified atom stereocenters. The topological polar surface area (TPSA) is 69.9 Å². The van der Waals surface area contributed by atoms with Gasteiger partial charge in [-0.2, -0.15) is 0 Å². The fourth-order valence-corrected chi connectivity index (χ4v) is 4.05. The van der Waals surface area contributed by atoms with Gasteiger partial charge in [0, 0.05) is 11.0 Å². The molecule has 0 saturated heterocycles. The summed E-state index contributed by atoms with van der Waals surface area (Å²) in [7, 11) is 0. The Labute approximate surface area is 199 Å². The molecule has 0 aliphatic carbocycles. The van der Waals surface area contributed by atoms with Gasteiger partial charge in [0.15, 0.2) is 0 Å². The van der Waals surface area contributed by atoms with Crippen molar-refractivity contribution in [2.75, 3.05) is 13.2 Å². The summed E-state index contributed by atoms with van der Waals surface area (Å²) in [5, 5.41) is 28.9. The Balaban J connectivity index is 2.40. The van der Waals surface area contributed by atoms with Crippen LogP contribution >= 0.6 is 0 Å². The standard InChI is InChI=1S/C29H40O4/c1-8-29(9-2,24-13-14-26(21(4)17-24)33-19-25(31)18-30)23-12-10-22(20(3)16-23)11-15-27(32)28(5,6)7/h10,12-14,16-17,25,27,30-32H,8-9,18-19H2,1-7H3. The van der Waals surface area contributed by atoms with Gasteiger partial charge in [0.05, 0.1) is 6.61 Å². The molecule has 33 heavy (non-hydrogen) atoms. The molecule has 0 heterocycles. The third-order valence-corrected chi connectivity index (χ3v) is 6.52. The van der Waals surface area contributed by atoms with E-state index in [1.165, 1.54) is 11.1 Å². The minimum Gasteiger partial charge on any atom is -0.491 e. The Kier molecular flexibility index (Phi) is 9.14. The minimum absolute atomic E-state index is 0.0645. The van der Waals surface area contributed by atoms with Gasteiger partial charge in [0.2, 0.25) is 0 Å². The van der Waals surface area contributed by atoms with Crippen molar-refractivity contribution >= 4 is 0 Å². The molecule has 0 aliphatic rings. The molecule has 0 fully saturated rings. The number of aliphatic hydroxyl groups excluding tert-OH is 3. The average molecular weight is 453 g/mol. The molecular weight excluding hydrogens is 412 g/mol. The lowest BCUT2D eigenvalue weighted by Crippen LogP contribution is -2.26. The molecule has 0 spiro atoms. The largest absolute Gasteiger partial charge is 0.491 e. The van der Waals surface area contributed by atoms with E-state index >= 15 is 0 Å². The lowest BCUT2D eigenvalue weighted by molar-refractivity contribution is 0.0534. The molecule has 2 rings (SSSR count). The summed E-state index contributed by atoms with van der Waals surface area (Å²) in [5.41, 5.74) is 5.09. The summed E-state index contributed by atoms with van der Waals surface area (Å²) in [5.74, 6) is 6.87. The van der Waals surface area contributed by atoms with Crippen LogP contribution in [0.25, 0.3) is 0 Å². The zero-order valence-corrected chi connectivity index (χ0v) is 21.2. The Hall–Kier alpha value is -2.32. The summed E-state index contributed by atoms with van der Waals surface area (Å²) >= 11 is 0. The van der Waals surface area contributed by atoms with Crippen molar-refractivity contribution in [2.45, 2.75) is 78.9 Å². The molecule has 4 nitrogen and oxygen atoms in total. The highest BCUT2D eigenvalue weighted by Gasteiger charge is 2.31. The zero-order valence-electron chi connectivity index (χ0n) is 21.2. The molecular formula is C29H40O4. The van der Waals surface area contributed by atoms with E-state index in [1.807, 2.05) is 33.8 Å². The van der Waals surface area contributed by atoms with Crippen LogP contribution in [-0.2, 0) is 5.41 Å². The van der Waals surface area contributed by atoms with E-state index in [0.717, 1.165) is 29.5 Å². The number of aliphatic hydroxyl groups is 3. The summed E-state index contributed by atoms with van der Waals surface area (Å²) in [4.78, 5) is 0. The van der Waals surface area contributed by atoms with E-state index < -0.39 is 12.2 Å². The van der Waals surface area contributed by atoms with Crippen LogP contribution in [0.5, 0.6) is 5.75 Å². The smallest absolute Gasteiger partial charge is 0.122 e. The Bertz CT molecular complexity index is 987. The minimum atomic E-state index is -0.886. The fourth-order valence-electron chi connectivity index (χ4n) is 4.05. The van der Waals surface area contributed by atoms with E-state index in [9.17, 15) is 10.2 Å². The van der Waals surface area contributed by atoms with Crippen molar-refractivity contribution in [3.05, 3.63) is 64.2 Å². The first-order valence-electron chi connectivity index (χ1n) is 11.8. The number of aryl methyl sites for hydroxylation is 2. The molecule has 180 valence electrons. The van der Waals surface area contributed by atoms with E-state index in [2.05, 4.69) is 62.9 Å². The second-order valence-electron chi connectivity index (χ2n) is 9.98. The molecule has 0 bridgehead atoms. The maximum absolute atomic E-state index is 10.3. The second-order valence-corrected chi connectivity index (χ2v) is 9.98. The molecule has 2 atom stereocenters. The number of benzene rings is 2. The van der Waals surface area contributed by atoms with E-state index in [4.69, 9.17) is 9.84 Å². The summed E-state index contributed by atoms with van der Waals surface area (Å²) < 4.78 is 5.69. The molecule has 2 aromatic carbocycles. The highest BCUT2D eigenvalue weighted by Crippen LogP contribution is 2.41. The highest BCUT2D eigenvalue weighted by atomic mass is 16.5.